The molecule has 3 nitrogen and oxygen atoms in total. The topological polar surface area (TPSA) is 46.2 Å². The molecule has 0 aliphatic heterocycles. The van der Waals surface area contributed by atoms with Crippen LogP contribution in [0.25, 0.3) is 0 Å². The van der Waals surface area contributed by atoms with Crippen molar-refractivity contribution in [3.63, 3.8) is 0 Å². The Bertz CT molecular complexity index is 178. The van der Waals surface area contributed by atoms with Gasteiger partial charge in [0, 0.05) is 5.88 Å². The summed E-state index contributed by atoms with van der Waals surface area (Å²) in [6.45, 7) is 1.79. The van der Waals surface area contributed by atoms with Crippen molar-refractivity contribution in [2.75, 3.05) is 18.7 Å². The second-order valence-electron chi connectivity index (χ2n) is 2.25. The zero-order chi connectivity index (χ0) is 8.20. The Morgan fingerprint density at radius 1 is 1.60 bits per heavy atom. The Kier molecular flexibility index (Phi) is 4.24. The fraction of sp³-hybridized carbons (Fsp3) is 1.00. The summed E-state index contributed by atoms with van der Waals surface area (Å²) in [4.78, 5) is 0. The number of hydrogen-bond donors (Lipinski definition) is 1. The minimum Gasteiger partial charge on any atom is -0.218 e. The zero-order valence-corrected chi connectivity index (χ0v) is 7.67. The molecule has 0 bridgehead atoms. The standard InChI is InChI=1S/C5H12ClNO2S/c1-5(3-6)4-10(8,9)7-2/h5,7H,3-4H2,1-2H3. The van der Waals surface area contributed by atoms with Crippen LogP contribution in [0, 0.1) is 5.92 Å². The van der Waals surface area contributed by atoms with Crippen molar-refractivity contribution in [2.45, 2.75) is 6.92 Å². The SMILES string of the molecule is CNS(=O)(=O)CC(C)CCl. The van der Waals surface area contributed by atoms with Crippen molar-refractivity contribution in [3.8, 4) is 0 Å². The molecule has 1 atom stereocenters. The molecule has 0 rings (SSSR count). The molecule has 0 aromatic heterocycles. The van der Waals surface area contributed by atoms with Gasteiger partial charge in [0.25, 0.3) is 0 Å². The summed E-state index contributed by atoms with van der Waals surface area (Å²) < 4.78 is 23.8. The first-order valence-electron chi connectivity index (χ1n) is 2.99. The molecular weight excluding hydrogens is 174 g/mol. The van der Waals surface area contributed by atoms with E-state index in [2.05, 4.69) is 4.72 Å². The fourth-order valence-electron chi connectivity index (χ4n) is 0.502. The highest BCUT2D eigenvalue weighted by molar-refractivity contribution is 7.89. The monoisotopic (exact) mass is 185 g/mol. The number of halogens is 1. The molecule has 0 saturated heterocycles. The van der Waals surface area contributed by atoms with Crippen LogP contribution in [0.1, 0.15) is 6.92 Å². The highest BCUT2D eigenvalue weighted by Crippen LogP contribution is 2.00. The van der Waals surface area contributed by atoms with Gasteiger partial charge < -0.3 is 0 Å². The second-order valence-corrected chi connectivity index (χ2v) is 4.52. The van der Waals surface area contributed by atoms with Gasteiger partial charge in [-0.15, -0.1) is 11.6 Å². The molecule has 0 fully saturated rings. The maximum atomic E-state index is 10.8. The van der Waals surface area contributed by atoms with Crippen molar-refractivity contribution in [2.24, 2.45) is 5.92 Å². The highest BCUT2D eigenvalue weighted by atomic mass is 35.5. The quantitative estimate of drug-likeness (QED) is 0.645. The van der Waals surface area contributed by atoms with Crippen molar-refractivity contribution >= 4 is 21.6 Å². The van der Waals surface area contributed by atoms with Crippen LogP contribution < -0.4 is 4.72 Å². The number of rotatable bonds is 4. The van der Waals surface area contributed by atoms with Gasteiger partial charge in [0.1, 0.15) is 0 Å². The molecule has 1 N–H and O–H groups in total. The number of nitrogens with one attached hydrogen (secondary N) is 1. The van der Waals surface area contributed by atoms with E-state index in [9.17, 15) is 8.42 Å². The van der Waals surface area contributed by atoms with Crippen LogP contribution in [-0.4, -0.2) is 27.1 Å². The van der Waals surface area contributed by atoms with Gasteiger partial charge in [-0.3, -0.25) is 0 Å². The van der Waals surface area contributed by atoms with E-state index in [1.807, 2.05) is 0 Å². The third-order valence-electron chi connectivity index (χ3n) is 1.08. The van der Waals surface area contributed by atoms with E-state index in [0.717, 1.165) is 0 Å². The van der Waals surface area contributed by atoms with Gasteiger partial charge in [0.05, 0.1) is 5.75 Å². The van der Waals surface area contributed by atoms with Gasteiger partial charge in [-0.2, -0.15) is 0 Å². The van der Waals surface area contributed by atoms with Crippen LogP contribution in [0.15, 0.2) is 0 Å². The summed E-state index contributed by atoms with van der Waals surface area (Å²) in [7, 11) is -1.67. The lowest BCUT2D eigenvalue weighted by Gasteiger charge is -2.06. The van der Waals surface area contributed by atoms with Crippen LogP contribution in [0.5, 0.6) is 0 Å². The van der Waals surface area contributed by atoms with E-state index in [1.54, 1.807) is 6.92 Å². The predicted molar refractivity (Wildman–Crippen MR) is 42.7 cm³/mol. The van der Waals surface area contributed by atoms with Crippen LogP contribution in [-0.2, 0) is 10.0 Å². The predicted octanol–water partition coefficient (Wildman–Crippen LogP) is 0.410. The highest BCUT2D eigenvalue weighted by Gasteiger charge is 2.11. The molecule has 62 valence electrons. The molecule has 0 aliphatic carbocycles. The van der Waals surface area contributed by atoms with E-state index >= 15 is 0 Å². The molecule has 0 saturated carbocycles. The molecular formula is C5H12ClNO2S. The summed E-state index contributed by atoms with van der Waals surface area (Å²) in [5.41, 5.74) is 0. The molecule has 0 heterocycles. The number of alkyl halides is 1. The first kappa shape index (κ1) is 10.2. The Labute approximate surface area is 66.8 Å². The second kappa shape index (κ2) is 4.16. The van der Waals surface area contributed by atoms with Gasteiger partial charge in [-0.25, -0.2) is 13.1 Å². The zero-order valence-electron chi connectivity index (χ0n) is 6.09. The van der Waals surface area contributed by atoms with Gasteiger partial charge in [-0.05, 0) is 13.0 Å². The molecule has 1 unspecified atom stereocenters. The first-order valence-corrected chi connectivity index (χ1v) is 5.17. The van der Waals surface area contributed by atoms with Crippen LogP contribution in [0.2, 0.25) is 0 Å². The molecule has 0 aromatic rings. The minimum absolute atomic E-state index is 0.0131. The lowest BCUT2D eigenvalue weighted by Crippen LogP contribution is -2.26. The van der Waals surface area contributed by atoms with Gasteiger partial charge in [0.15, 0.2) is 0 Å². The average Bonchev–Trinajstić information content (AvgIpc) is 1.87. The Balaban J connectivity index is 3.90. The van der Waals surface area contributed by atoms with Crippen LogP contribution in [0.3, 0.4) is 0 Å². The Hall–Kier alpha value is 0.200. The summed E-state index contributed by atoms with van der Waals surface area (Å²) in [5, 5.41) is 0. The lowest BCUT2D eigenvalue weighted by molar-refractivity contribution is 0.575. The largest absolute Gasteiger partial charge is 0.218 e. The molecule has 10 heavy (non-hydrogen) atoms. The molecule has 0 amide bonds. The fourth-order valence-corrected chi connectivity index (χ4v) is 1.77. The Morgan fingerprint density at radius 2 is 2.10 bits per heavy atom. The summed E-state index contributed by atoms with van der Waals surface area (Å²) >= 11 is 5.42. The Morgan fingerprint density at radius 3 is 2.40 bits per heavy atom. The van der Waals surface area contributed by atoms with Crippen LogP contribution in [0.4, 0.5) is 0 Å². The summed E-state index contributed by atoms with van der Waals surface area (Å²) in [6.07, 6.45) is 0. The normalized spacial score (nSPS) is 15.1. The van der Waals surface area contributed by atoms with Crippen molar-refractivity contribution in [1.82, 2.24) is 4.72 Å². The van der Waals surface area contributed by atoms with Crippen LogP contribution >= 0.6 is 11.6 Å². The van der Waals surface area contributed by atoms with Crippen molar-refractivity contribution in [3.05, 3.63) is 0 Å². The van der Waals surface area contributed by atoms with E-state index in [-0.39, 0.29) is 11.7 Å². The number of sulfonamides is 1. The molecule has 0 aromatic carbocycles. The maximum Gasteiger partial charge on any atom is 0.211 e. The van der Waals surface area contributed by atoms with E-state index in [1.165, 1.54) is 7.05 Å². The van der Waals surface area contributed by atoms with Crippen molar-refractivity contribution in [1.29, 1.82) is 0 Å². The average molecular weight is 186 g/mol. The summed E-state index contributed by atoms with van der Waals surface area (Å²) in [6, 6.07) is 0. The van der Waals surface area contributed by atoms with E-state index < -0.39 is 10.0 Å². The maximum absolute atomic E-state index is 10.8. The third kappa shape index (κ3) is 4.09. The number of hydrogen-bond acceptors (Lipinski definition) is 2. The smallest absolute Gasteiger partial charge is 0.211 e. The third-order valence-corrected chi connectivity index (χ3v) is 3.24. The van der Waals surface area contributed by atoms with Gasteiger partial charge >= 0.3 is 0 Å². The lowest BCUT2D eigenvalue weighted by atomic mass is 10.3. The molecule has 0 aliphatic rings. The van der Waals surface area contributed by atoms with Gasteiger partial charge in [-0.1, -0.05) is 6.92 Å². The molecule has 0 radical (unpaired) electrons. The van der Waals surface area contributed by atoms with E-state index in [4.69, 9.17) is 11.6 Å². The molecule has 0 spiro atoms. The first-order chi connectivity index (χ1) is 4.52. The summed E-state index contributed by atoms with van der Waals surface area (Å²) in [5.74, 6) is 0.493. The molecule has 5 heteroatoms. The minimum atomic E-state index is -3.07. The van der Waals surface area contributed by atoms with E-state index in [0.29, 0.717) is 5.88 Å². The van der Waals surface area contributed by atoms with Gasteiger partial charge in [0.2, 0.25) is 10.0 Å². The van der Waals surface area contributed by atoms with Crippen molar-refractivity contribution < 1.29 is 8.42 Å².